The van der Waals surface area contributed by atoms with E-state index in [4.69, 9.17) is 9.47 Å². The average Bonchev–Trinajstić information content (AvgIpc) is 2.41. The van der Waals surface area contributed by atoms with Gasteiger partial charge in [0.2, 0.25) is 16.1 Å². The van der Waals surface area contributed by atoms with Crippen LogP contribution < -0.4 is 4.72 Å². The topological polar surface area (TPSA) is 98.8 Å². The summed E-state index contributed by atoms with van der Waals surface area (Å²) in [5.74, 6) is -2.05. The van der Waals surface area contributed by atoms with Crippen LogP contribution in [0, 0.1) is 6.92 Å². The van der Waals surface area contributed by atoms with Crippen molar-refractivity contribution in [2.75, 3.05) is 0 Å². The normalized spacial score (nSPS) is 12.8. The first-order valence-corrected chi connectivity index (χ1v) is 9.64. The van der Waals surface area contributed by atoms with E-state index in [0.717, 1.165) is 5.56 Å². The number of hydrogen-bond acceptors (Lipinski definition) is 6. The third-order valence-corrected chi connectivity index (χ3v) is 4.33. The lowest BCUT2D eigenvalue weighted by Crippen LogP contribution is -2.51. The Morgan fingerprint density at radius 1 is 0.885 bits per heavy atom. The van der Waals surface area contributed by atoms with Crippen LogP contribution in [0.3, 0.4) is 0 Å². The molecule has 0 saturated carbocycles. The molecule has 8 heteroatoms. The van der Waals surface area contributed by atoms with Crippen LogP contribution in [0.25, 0.3) is 0 Å². The van der Waals surface area contributed by atoms with Crippen molar-refractivity contribution in [1.82, 2.24) is 4.72 Å². The fraction of sp³-hybridized carbons (Fsp3) is 0.556. The van der Waals surface area contributed by atoms with Gasteiger partial charge in [0.15, 0.2) is 0 Å². The molecule has 0 unspecified atom stereocenters. The van der Waals surface area contributed by atoms with Crippen molar-refractivity contribution in [3.63, 3.8) is 0 Å². The van der Waals surface area contributed by atoms with Crippen LogP contribution in [0.5, 0.6) is 0 Å². The summed E-state index contributed by atoms with van der Waals surface area (Å²) in [7, 11) is -4.13. The summed E-state index contributed by atoms with van der Waals surface area (Å²) >= 11 is 0. The Labute approximate surface area is 155 Å². The van der Waals surface area contributed by atoms with Crippen LogP contribution in [0.2, 0.25) is 0 Å². The number of ether oxygens (including phenoxy) is 2. The van der Waals surface area contributed by atoms with Crippen molar-refractivity contribution < 1.29 is 27.5 Å². The summed E-state index contributed by atoms with van der Waals surface area (Å²) in [4.78, 5) is 24.7. The minimum atomic E-state index is -4.13. The van der Waals surface area contributed by atoms with Crippen LogP contribution in [-0.2, 0) is 29.1 Å². The molecule has 26 heavy (non-hydrogen) atoms. The number of carbonyl (C=O) groups is 2. The highest BCUT2D eigenvalue weighted by Gasteiger charge is 2.38. The third-order valence-electron chi connectivity index (χ3n) is 2.89. The summed E-state index contributed by atoms with van der Waals surface area (Å²) in [6.07, 6.45) is 0. The Morgan fingerprint density at radius 2 is 1.27 bits per heavy atom. The molecule has 0 aliphatic rings. The van der Waals surface area contributed by atoms with Gasteiger partial charge in [-0.1, -0.05) is 17.7 Å². The van der Waals surface area contributed by atoms with Crippen LogP contribution in [0.1, 0.15) is 47.1 Å². The van der Waals surface area contributed by atoms with E-state index in [0.29, 0.717) is 0 Å². The zero-order chi connectivity index (χ0) is 20.3. The summed E-state index contributed by atoms with van der Waals surface area (Å²) in [5, 5.41) is 0. The molecule has 0 aliphatic carbocycles. The van der Waals surface area contributed by atoms with Gasteiger partial charge >= 0.3 is 11.9 Å². The van der Waals surface area contributed by atoms with Crippen LogP contribution in [-0.4, -0.2) is 37.6 Å². The molecule has 0 radical (unpaired) electrons. The lowest BCUT2D eigenvalue weighted by Gasteiger charge is -2.26. The Hall–Kier alpha value is -1.93. The zero-order valence-corrected chi connectivity index (χ0v) is 17.1. The minimum absolute atomic E-state index is 0.0692. The van der Waals surface area contributed by atoms with E-state index in [-0.39, 0.29) is 4.90 Å². The van der Waals surface area contributed by atoms with Crippen LogP contribution in [0.15, 0.2) is 29.2 Å². The highest BCUT2D eigenvalue weighted by Crippen LogP contribution is 2.16. The monoisotopic (exact) mass is 385 g/mol. The third kappa shape index (κ3) is 7.13. The Kier molecular flexibility index (Phi) is 6.59. The first-order valence-electron chi connectivity index (χ1n) is 8.15. The summed E-state index contributed by atoms with van der Waals surface area (Å²) in [6, 6.07) is 4.20. The standard InChI is InChI=1S/C18H27NO6S/c1-12-8-10-13(11-9-12)26(22,23)19-14(15(20)24-17(2,3)4)16(21)25-18(5,6)7/h8-11,14,19H,1-7H3. The second-order valence-electron chi connectivity index (χ2n) is 7.93. The molecule has 0 aliphatic heterocycles. The van der Waals surface area contributed by atoms with Crippen molar-refractivity contribution in [3.05, 3.63) is 29.8 Å². The quantitative estimate of drug-likeness (QED) is 0.617. The highest BCUT2D eigenvalue weighted by atomic mass is 32.2. The number of esters is 2. The molecule has 7 nitrogen and oxygen atoms in total. The average molecular weight is 385 g/mol. The molecule has 0 atom stereocenters. The number of nitrogens with one attached hydrogen (secondary N) is 1. The van der Waals surface area contributed by atoms with Gasteiger partial charge in [0.05, 0.1) is 4.90 Å². The molecule has 1 N–H and O–H groups in total. The first kappa shape index (κ1) is 22.1. The van der Waals surface area contributed by atoms with Gasteiger partial charge in [0, 0.05) is 0 Å². The highest BCUT2D eigenvalue weighted by molar-refractivity contribution is 7.89. The van der Waals surface area contributed by atoms with Crippen LogP contribution in [0.4, 0.5) is 0 Å². The molecule has 0 bridgehead atoms. The SMILES string of the molecule is Cc1ccc(S(=O)(=O)NC(C(=O)OC(C)(C)C)C(=O)OC(C)(C)C)cc1. The lowest BCUT2D eigenvalue weighted by atomic mass is 10.1. The zero-order valence-electron chi connectivity index (χ0n) is 16.2. The van der Waals surface area contributed by atoms with E-state index >= 15 is 0 Å². The maximum Gasteiger partial charge on any atom is 0.336 e. The van der Waals surface area contributed by atoms with Gasteiger partial charge in [-0.3, -0.25) is 0 Å². The lowest BCUT2D eigenvalue weighted by molar-refractivity contribution is -0.169. The van der Waals surface area contributed by atoms with Gasteiger partial charge in [0.25, 0.3) is 0 Å². The molecule has 0 aromatic heterocycles. The molecular weight excluding hydrogens is 358 g/mol. The van der Waals surface area contributed by atoms with Crippen molar-refractivity contribution in [2.24, 2.45) is 0 Å². The van der Waals surface area contributed by atoms with E-state index in [1.54, 1.807) is 53.7 Å². The van der Waals surface area contributed by atoms with Gasteiger partial charge in [-0.05, 0) is 60.6 Å². The maximum absolute atomic E-state index is 12.6. The van der Waals surface area contributed by atoms with E-state index in [1.165, 1.54) is 12.1 Å². The summed E-state index contributed by atoms with van der Waals surface area (Å²) in [6.45, 7) is 11.5. The molecule has 0 saturated heterocycles. The van der Waals surface area contributed by atoms with Gasteiger partial charge in [-0.15, -0.1) is 0 Å². The summed E-state index contributed by atoms with van der Waals surface area (Å²) in [5.41, 5.74) is -0.918. The van der Waals surface area contributed by atoms with Gasteiger partial charge in [0.1, 0.15) is 11.2 Å². The van der Waals surface area contributed by atoms with Crippen LogP contribution >= 0.6 is 0 Å². The Morgan fingerprint density at radius 3 is 1.62 bits per heavy atom. The molecule has 0 fully saturated rings. The van der Waals surface area contributed by atoms with Gasteiger partial charge in [-0.25, -0.2) is 18.0 Å². The van der Waals surface area contributed by atoms with E-state index in [9.17, 15) is 18.0 Å². The number of rotatable bonds is 5. The number of benzene rings is 1. The minimum Gasteiger partial charge on any atom is -0.458 e. The number of carbonyl (C=O) groups excluding carboxylic acids is 2. The fourth-order valence-electron chi connectivity index (χ4n) is 1.85. The van der Waals surface area contributed by atoms with Crippen molar-refractivity contribution in [3.8, 4) is 0 Å². The van der Waals surface area contributed by atoms with E-state index in [2.05, 4.69) is 4.72 Å². The van der Waals surface area contributed by atoms with Crippen molar-refractivity contribution >= 4 is 22.0 Å². The molecule has 0 amide bonds. The molecule has 0 heterocycles. The predicted molar refractivity (Wildman–Crippen MR) is 97.0 cm³/mol. The second kappa shape index (κ2) is 7.75. The second-order valence-corrected chi connectivity index (χ2v) is 9.65. The number of hydrogen-bond donors (Lipinski definition) is 1. The van der Waals surface area contributed by atoms with Gasteiger partial charge < -0.3 is 9.47 Å². The summed E-state index contributed by atoms with van der Waals surface area (Å²) < 4.78 is 37.6. The number of sulfonamides is 1. The van der Waals surface area contributed by atoms with E-state index in [1.807, 2.05) is 6.92 Å². The van der Waals surface area contributed by atoms with Crippen molar-refractivity contribution in [1.29, 1.82) is 0 Å². The van der Waals surface area contributed by atoms with Crippen molar-refractivity contribution in [2.45, 2.75) is 70.6 Å². The molecular formula is C18H27NO6S. The predicted octanol–water partition coefficient (Wildman–Crippen LogP) is 2.33. The molecule has 146 valence electrons. The first-order chi connectivity index (χ1) is 11.6. The number of aryl methyl sites for hydroxylation is 1. The van der Waals surface area contributed by atoms with Gasteiger partial charge in [-0.2, -0.15) is 4.72 Å². The molecule has 1 rings (SSSR count). The van der Waals surface area contributed by atoms with E-state index < -0.39 is 39.2 Å². The Bertz CT molecular complexity index is 726. The maximum atomic E-state index is 12.6. The smallest absolute Gasteiger partial charge is 0.336 e. The fourth-order valence-corrected chi connectivity index (χ4v) is 2.99. The Balaban J connectivity index is 3.17. The molecule has 0 spiro atoms. The molecule has 1 aromatic carbocycles. The molecule has 1 aromatic rings. The largest absolute Gasteiger partial charge is 0.458 e.